The number of carboxylic acids is 1. The number of aliphatic carboxylic acids is 1. The first-order chi connectivity index (χ1) is 12.9. The quantitative estimate of drug-likeness (QED) is 0.742. The maximum absolute atomic E-state index is 12.8. The number of nitrogens with one attached hydrogen (secondary N) is 1. The molecule has 1 aromatic carbocycles. The van der Waals surface area contributed by atoms with Crippen molar-refractivity contribution in [1.29, 1.82) is 0 Å². The number of benzene rings is 1. The Morgan fingerprint density at radius 2 is 1.85 bits per heavy atom. The van der Waals surface area contributed by atoms with Crippen LogP contribution >= 0.6 is 23.2 Å². The van der Waals surface area contributed by atoms with Gasteiger partial charge in [-0.1, -0.05) is 53.6 Å². The molecule has 0 unspecified atom stereocenters. The molecule has 2 aromatic rings. The van der Waals surface area contributed by atoms with E-state index in [1.165, 1.54) is 0 Å². The molecule has 27 heavy (non-hydrogen) atoms. The first kappa shape index (κ1) is 18.1. The summed E-state index contributed by atoms with van der Waals surface area (Å²) in [7, 11) is 0. The van der Waals surface area contributed by atoms with E-state index in [0.717, 1.165) is 5.56 Å². The summed E-state index contributed by atoms with van der Waals surface area (Å²) in [6, 6.07) is 7.40. The number of carboxylic acid groups (broad SMARTS) is 1. The molecular formula is C19H17Cl2N3O3. The standard InChI is InChI=1S/C19H17Cl2N3O3/c20-13-4-2-1-3-12(13)8-24-9-14(21)17(23-24)22-18(25)15-10-5-6-11(7-10)16(15)19(26)27/h1-6,9-11,15-16H,7-8H2,(H,26,27)(H,22,23,25)/t10-,11-,15+,16-/m0/s1. The van der Waals surface area contributed by atoms with E-state index in [0.29, 0.717) is 23.0 Å². The normalized spacial score (nSPS) is 25.7. The van der Waals surface area contributed by atoms with Crippen LogP contribution in [0.1, 0.15) is 12.0 Å². The van der Waals surface area contributed by atoms with E-state index >= 15 is 0 Å². The average molecular weight is 406 g/mol. The molecule has 2 bridgehead atoms. The molecule has 2 aliphatic rings. The molecule has 8 heteroatoms. The van der Waals surface area contributed by atoms with Crippen molar-refractivity contribution >= 4 is 40.9 Å². The minimum atomic E-state index is -0.942. The molecule has 1 amide bonds. The molecule has 0 aliphatic heterocycles. The zero-order valence-electron chi connectivity index (χ0n) is 14.2. The third-order valence-electron chi connectivity index (χ3n) is 5.30. The number of carbonyl (C=O) groups excluding carboxylic acids is 1. The topological polar surface area (TPSA) is 84.2 Å². The second kappa shape index (κ2) is 7.02. The molecule has 4 atom stereocenters. The highest BCUT2D eigenvalue weighted by molar-refractivity contribution is 6.33. The maximum atomic E-state index is 12.8. The predicted octanol–water partition coefficient (Wildman–Crippen LogP) is 3.70. The lowest BCUT2D eigenvalue weighted by Gasteiger charge is -2.23. The molecule has 1 aromatic heterocycles. The summed E-state index contributed by atoms with van der Waals surface area (Å²) in [5.74, 6) is -2.53. The van der Waals surface area contributed by atoms with Crippen LogP contribution in [0.5, 0.6) is 0 Å². The summed E-state index contributed by atoms with van der Waals surface area (Å²) in [6.07, 6.45) is 6.14. The summed E-state index contributed by atoms with van der Waals surface area (Å²) in [5, 5.41) is 17.4. The molecular weight excluding hydrogens is 389 g/mol. The van der Waals surface area contributed by atoms with E-state index in [4.69, 9.17) is 23.2 Å². The molecule has 1 fully saturated rings. The van der Waals surface area contributed by atoms with Gasteiger partial charge in [0.15, 0.2) is 5.82 Å². The number of carbonyl (C=O) groups is 2. The molecule has 0 spiro atoms. The Morgan fingerprint density at radius 1 is 1.15 bits per heavy atom. The van der Waals surface area contributed by atoms with Crippen LogP contribution in [0.25, 0.3) is 0 Å². The number of rotatable bonds is 5. The highest BCUT2D eigenvalue weighted by Gasteiger charge is 2.51. The van der Waals surface area contributed by atoms with E-state index < -0.39 is 17.8 Å². The predicted molar refractivity (Wildman–Crippen MR) is 102 cm³/mol. The summed E-state index contributed by atoms with van der Waals surface area (Å²) in [5.41, 5.74) is 0.875. The number of hydrogen-bond acceptors (Lipinski definition) is 3. The fourth-order valence-electron chi connectivity index (χ4n) is 4.08. The Bertz CT molecular complexity index is 940. The van der Waals surface area contributed by atoms with Crippen molar-refractivity contribution in [1.82, 2.24) is 9.78 Å². The molecule has 4 rings (SSSR count). The smallest absolute Gasteiger partial charge is 0.307 e. The van der Waals surface area contributed by atoms with Crippen molar-refractivity contribution in [3.63, 3.8) is 0 Å². The molecule has 0 radical (unpaired) electrons. The van der Waals surface area contributed by atoms with Crippen LogP contribution in [-0.2, 0) is 16.1 Å². The molecule has 6 nitrogen and oxygen atoms in total. The lowest BCUT2D eigenvalue weighted by molar-refractivity contribution is -0.146. The minimum absolute atomic E-state index is 0.0555. The van der Waals surface area contributed by atoms with Crippen molar-refractivity contribution in [3.8, 4) is 0 Å². The number of hydrogen-bond donors (Lipinski definition) is 2. The second-order valence-electron chi connectivity index (χ2n) is 6.94. The second-order valence-corrected chi connectivity index (χ2v) is 7.76. The van der Waals surface area contributed by atoms with Crippen LogP contribution < -0.4 is 5.32 Å². The molecule has 140 valence electrons. The minimum Gasteiger partial charge on any atom is -0.481 e. The van der Waals surface area contributed by atoms with Crippen molar-refractivity contribution in [2.45, 2.75) is 13.0 Å². The van der Waals surface area contributed by atoms with Crippen LogP contribution in [-0.4, -0.2) is 26.8 Å². The highest BCUT2D eigenvalue weighted by atomic mass is 35.5. The third kappa shape index (κ3) is 3.35. The molecule has 2 aliphatic carbocycles. The van der Waals surface area contributed by atoms with Crippen molar-refractivity contribution in [3.05, 3.63) is 58.2 Å². The van der Waals surface area contributed by atoms with Crippen molar-refractivity contribution < 1.29 is 14.7 Å². The van der Waals surface area contributed by atoms with Gasteiger partial charge in [-0.05, 0) is 29.9 Å². The van der Waals surface area contributed by atoms with Gasteiger partial charge >= 0.3 is 5.97 Å². The summed E-state index contributed by atoms with van der Waals surface area (Å²) < 4.78 is 1.59. The largest absolute Gasteiger partial charge is 0.481 e. The molecule has 0 saturated heterocycles. The van der Waals surface area contributed by atoms with Gasteiger partial charge in [0.1, 0.15) is 5.02 Å². The Hall–Kier alpha value is -2.31. The van der Waals surface area contributed by atoms with Crippen LogP contribution in [0, 0.1) is 23.7 Å². The van der Waals surface area contributed by atoms with E-state index in [1.807, 2.05) is 30.4 Å². The Morgan fingerprint density at radius 3 is 2.56 bits per heavy atom. The molecule has 1 saturated carbocycles. The number of aromatic nitrogens is 2. The Balaban J connectivity index is 1.51. The summed E-state index contributed by atoms with van der Waals surface area (Å²) in [4.78, 5) is 24.3. The fourth-order valence-corrected chi connectivity index (χ4v) is 4.47. The molecule has 1 heterocycles. The number of nitrogens with zero attached hydrogens (tertiary/aromatic N) is 2. The summed E-state index contributed by atoms with van der Waals surface area (Å²) >= 11 is 12.4. The van der Waals surface area contributed by atoms with Crippen molar-refractivity contribution in [2.24, 2.45) is 23.7 Å². The van der Waals surface area contributed by atoms with Gasteiger partial charge in [0.25, 0.3) is 0 Å². The van der Waals surface area contributed by atoms with Gasteiger partial charge in [0, 0.05) is 11.2 Å². The number of amides is 1. The lowest BCUT2D eigenvalue weighted by atomic mass is 9.82. The van der Waals surface area contributed by atoms with Gasteiger partial charge in [-0.2, -0.15) is 5.10 Å². The molecule has 2 N–H and O–H groups in total. The number of anilines is 1. The lowest BCUT2D eigenvalue weighted by Crippen LogP contribution is -2.36. The zero-order valence-corrected chi connectivity index (χ0v) is 15.7. The van der Waals surface area contributed by atoms with Gasteiger partial charge in [0.2, 0.25) is 5.91 Å². The van der Waals surface area contributed by atoms with E-state index in [-0.39, 0.29) is 23.6 Å². The monoisotopic (exact) mass is 405 g/mol. The highest BCUT2D eigenvalue weighted by Crippen LogP contribution is 2.48. The van der Waals surface area contributed by atoms with E-state index in [2.05, 4.69) is 10.4 Å². The third-order valence-corrected chi connectivity index (χ3v) is 5.94. The van der Waals surface area contributed by atoms with E-state index in [1.54, 1.807) is 16.9 Å². The van der Waals surface area contributed by atoms with E-state index in [9.17, 15) is 14.7 Å². The summed E-state index contributed by atoms with van der Waals surface area (Å²) in [6.45, 7) is 0.407. The van der Waals surface area contributed by atoms with Gasteiger partial charge in [-0.15, -0.1) is 0 Å². The van der Waals surface area contributed by atoms with Gasteiger partial charge in [-0.3, -0.25) is 14.3 Å². The number of fused-ring (bicyclic) bond motifs is 2. The van der Waals surface area contributed by atoms with Gasteiger partial charge in [0.05, 0.1) is 18.4 Å². The Labute approximate surface area is 165 Å². The number of allylic oxidation sites excluding steroid dienone is 2. The zero-order chi connectivity index (χ0) is 19.1. The average Bonchev–Trinajstić information content (AvgIpc) is 3.32. The van der Waals surface area contributed by atoms with Crippen LogP contribution in [0.4, 0.5) is 5.82 Å². The SMILES string of the molecule is O=C(O)[C@@H]1[C@H](C(=O)Nc2nn(Cc3ccccc3Cl)cc2Cl)[C@H]2C=C[C@H]1C2. The van der Waals surface area contributed by atoms with Gasteiger partial charge < -0.3 is 10.4 Å². The fraction of sp³-hybridized carbons (Fsp3) is 0.316. The van der Waals surface area contributed by atoms with Crippen LogP contribution in [0.2, 0.25) is 10.0 Å². The first-order valence-electron chi connectivity index (χ1n) is 8.62. The van der Waals surface area contributed by atoms with Gasteiger partial charge in [-0.25, -0.2) is 0 Å². The number of halogens is 2. The Kier molecular flexibility index (Phi) is 4.70. The van der Waals surface area contributed by atoms with Crippen LogP contribution in [0.15, 0.2) is 42.6 Å². The first-order valence-corrected chi connectivity index (χ1v) is 9.38. The van der Waals surface area contributed by atoms with Crippen molar-refractivity contribution in [2.75, 3.05) is 5.32 Å². The van der Waals surface area contributed by atoms with Crippen LogP contribution in [0.3, 0.4) is 0 Å². The maximum Gasteiger partial charge on any atom is 0.307 e.